The van der Waals surface area contributed by atoms with Crippen molar-refractivity contribution >= 4 is 11.6 Å². The number of hydrogen-bond acceptors (Lipinski definition) is 3. The molecule has 3 nitrogen and oxygen atoms in total. The number of nitrogens with zero attached hydrogens (tertiary/aromatic N) is 1. The molecule has 1 aromatic rings. The number of nitrogens with one attached hydrogen (secondary N) is 1. The van der Waals surface area contributed by atoms with E-state index >= 15 is 0 Å². The molecular formula is C14H21ClN2O. The van der Waals surface area contributed by atoms with E-state index in [4.69, 9.17) is 16.3 Å². The molecular weight excluding hydrogens is 248 g/mol. The van der Waals surface area contributed by atoms with Gasteiger partial charge >= 0.3 is 0 Å². The molecule has 0 amide bonds. The first-order valence-electron chi connectivity index (χ1n) is 6.30. The van der Waals surface area contributed by atoms with Crippen LogP contribution in [-0.4, -0.2) is 37.2 Å². The van der Waals surface area contributed by atoms with Gasteiger partial charge in [-0.3, -0.25) is 4.90 Å². The fourth-order valence-electron chi connectivity index (χ4n) is 2.41. The van der Waals surface area contributed by atoms with Gasteiger partial charge in [-0.1, -0.05) is 17.7 Å². The zero-order valence-corrected chi connectivity index (χ0v) is 12.0. The highest BCUT2D eigenvalue weighted by Gasteiger charge is 2.25. The van der Waals surface area contributed by atoms with Gasteiger partial charge in [0.15, 0.2) is 0 Å². The van der Waals surface area contributed by atoms with E-state index in [0.29, 0.717) is 0 Å². The Morgan fingerprint density at radius 3 is 2.83 bits per heavy atom. The summed E-state index contributed by atoms with van der Waals surface area (Å²) in [6.07, 6.45) is 0. The van der Waals surface area contributed by atoms with Crippen LogP contribution in [0.4, 0.5) is 0 Å². The summed E-state index contributed by atoms with van der Waals surface area (Å²) < 4.78 is 5.17. The second-order valence-electron chi connectivity index (χ2n) is 5.48. The van der Waals surface area contributed by atoms with Crippen molar-refractivity contribution in [3.63, 3.8) is 0 Å². The van der Waals surface area contributed by atoms with Crippen LogP contribution in [0.3, 0.4) is 0 Å². The minimum atomic E-state index is 0.178. The lowest BCUT2D eigenvalue weighted by Gasteiger charge is -2.39. The maximum atomic E-state index is 6.28. The molecule has 4 heteroatoms. The summed E-state index contributed by atoms with van der Waals surface area (Å²) in [5.74, 6) is 0.810. The molecule has 1 fully saturated rings. The topological polar surface area (TPSA) is 24.5 Å². The smallest absolute Gasteiger partial charge is 0.120 e. The third-order valence-corrected chi connectivity index (χ3v) is 3.66. The molecule has 0 aliphatic carbocycles. The Morgan fingerprint density at radius 1 is 1.44 bits per heavy atom. The molecule has 1 aliphatic heterocycles. The molecule has 18 heavy (non-hydrogen) atoms. The van der Waals surface area contributed by atoms with Gasteiger partial charge < -0.3 is 10.1 Å². The van der Waals surface area contributed by atoms with E-state index < -0.39 is 0 Å². The normalized spacial score (nSPS) is 19.8. The summed E-state index contributed by atoms with van der Waals surface area (Å²) in [5, 5.41) is 4.30. The van der Waals surface area contributed by atoms with Gasteiger partial charge in [0, 0.05) is 36.7 Å². The van der Waals surface area contributed by atoms with Crippen LogP contribution in [0.1, 0.15) is 19.4 Å². The van der Waals surface area contributed by atoms with Gasteiger partial charge in [-0.15, -0.1) is 0 Å². The largest absolute Gasteiger partial charge is 0.497 e. The fraction of sp³-hybridized carbons (Fsp3) is 0.571. The monoisotopic (exact) mass is 268 g/mol. The predicted octanol–water partition coefficient (Wildman–Crippen LogP) is 2.53. The van der Waals surface area contributed by atoms with Crippen LogP contribution in [0, 0.1) is 0 Å². The van der Waals surface area contributed by atoms with Crippen LogP contribution >= 0.6 is 11.6 Å². The maximum absolute atomic E-state index is 6.28. The first-order chi connectivity index (χ1) is 8.50. The second-order valence-corrected chi connectivity index (χ2v) is 5.89. The Kier molecular flexibility index (Phi) is 4.15. The van der Waals surface area contributed by atoms with E-state index in [-0.39, 0.29) is 5.54 Å². The number of ether oxygens (including phenoxy) is 1. The van der Waals surface area contributed by atoms with Gasteiger partial charge in [-0.25, -0.2) is 0 Å². The molecule has 1 heterocycles. The summed E-state index contributed by atoms with van der Waals surface area (Å²) in [7, 11) is 1.66. The standard InChI is InChI=1S/C14H21ClN2O/c1-14(2)10-17(7-6-16-14)9-11-4-5-12(18-3)8-13(11)15/h4-5,8,16H,6-7,9-10H2,1-3H3. The van der Waals surface area contributed by atoms with E-state index in [1.54, 1.807) is 7.11 Å². The van der Waals surface area contributed by atoms with Gasteiger partial charge in [0.2, 0.25) is 0 Å². The highest BCUT2D eigenvalue weighted by atomic mass is 35.5. The fourth-order valence-corrected chi connectivity index (χ4v) is 2.64. The lowest BCUT2D eigenvalue weighted by molar-refractivity contribution is 0.148. The van der Waals surface area contributed by atoms with Crippen molar-refractivity contribution in [1.82, 2.24) is 10.2 Å². The second kappa shape index (κ2) is 5.47. The minimum absolute atomic E-state index is 0.178. The van der Waals surface area contributed by atoms with E-state index in [9.17, 15) is 0 Å². The summed E-state index contributed by atoms with van der Waals surface area (Å²) in [5.41, 5.74) is 1.34. The van der Waals surface area contributed by atoms with Crippen LogP contribution < -0.4 is 10.1 Å². The number of halogens is 1. The Labute approximate surface area is 114 Å². The summed E-state index contributed by atoms with van der Waals surface area (Å²) in [6, 6.07) is 5.90. The molecule has 0 unspecified atom stereocenters. The van der Waals surface area contributed by atoms with Crippen LogP contribution in [0.5, 0.6) is 5.75 Å². The Hall–Kier alpha value is -0.770. The molecule has 100 valence electrons. The lowest BCUT2D eigenvalue weighted by atomic mass is 10.0. The first kappa shape index (κ1) is 13.7. The zero-order chi connectivity index (χ0) is 13.2. The van der Waals surface area contributed by atoms with Gasteiger partial charge in [0.05, 0.1) is 7.11 Å². The molecule has 1 saturated heterocycles. The van der Waals surface area contributed by atoms with E-state index in [2.05, 4.69) is 30.1 Å². The van der Waals surface area contributed by atoms with E-state index in [1.165, 1.54) is 0 Å². The Bertz CT molecular complexity index is 420. The third-order valence-electron chi connectivity index (χ3n) is 3.30. The van der Waals surface area contributed by atoms with Crippen molar-refractivity contribution < 1.29 is 4.74 Å². The average Bonchev–Trinajstić information content (AvgIpc) is 2.30. The number of rotatable bonds is 3. The Balaban J connectivity index is 2.05. The summed E-state index contributed by atoms with van der Waals surface area (Å²) in [4.78, 5) is 2.43. The van der Waals surface area contributed by atoms with Crippen molar-refractivity contribution in [3.05, 3.63) is 28.8 Å². The minimum Gasteiger partial charge on any atom is -0.497 e. The quantitative estimate of drug-likeness (QED) is 0.912. The molecule has 0 atom stereocenters. The van der Waals surface area contributed by atoms with E-state index in [0.717, 1.165) is 42.5 Å². The van der Waals surface area contributed by atoms with Gasteiger partial charge in [0.25, 0.3) is 0 Å². The summed E-state index contributed by atoms with van der Waals surface area (Å²) in [6.45, 7) is 8.49. The van der Waals surface area contributed by atoms with Gasteiger partial charge in [-0.05, 0) is 31.5 Å². The first-order valence-corrected chi connectivity index (χ1v) is 6.68. The Morgan fingerprint density at radius 2 is 2.22 bits per heavy atom. The molecule has 1 N–H and O–H groups in total. The van der Waals surface area contributed by atoms with E-state index in [1.807, 2.05) is 12.1 Å². The molecule has 0 spiro atoms. The van der Waals surface area contributed by atoms with Crippen molar-refractivity contribution in [3.8, 4) is 5.75 Å². The zero-order valence-electron chi connectivity index (χ0n) is 11.3. The molecule has 0 saturated carbocycles. The number of benzene rings is 1. The third kappa shape index (κ3) is 3.37. The average molecular weight is 269 g/mol. The van der Waals surface area contributed by atoms with Crippen LogP contribution in [0.2, 0.25) is 5.02 Å². The van der Waals surface area contributed by atoms with Crippen molar-refractivity contribution in [2.45, 2.75) is 25.9 Å². The molecule has 0 bridgehead atoms. The van der Waals surface area contributed by atoms with Crippen molar-refractivity contribution in [2.24, 2.45) is 0 Å². The molecule has 1 aliphatic rings. The highest BCUT2D eigenvalue weighted by Crippen LogP contribution is 2.24. The molecule has 1 aromatic carbocycles. The molecule has 2 rings (SSSR count). The predicted molar refractivity (Wildman–Crippen MR) is 75.4 cm³/mol. The molecule has 0 radical (unpaired) electrons. The van der Waals surface area contributed by atoms with Gasteiger partial charge in [-0.2, -0.15) is 0 Å². The summed E-state index contributed by atoms with van der Waals surface area (Å²) >= 11 is 6.28. The number of methoxy groups -OCH3 is 1. The van der Waals surface area contributed by atoms with Crippen LogP contribution in [0.15, 0.2) is 18.2 Å². The molecule has 0 aromatic heterocycles. The van der Waals surface area contributed by atoms with Crippen LogP contribution in [0.25, 0.3) is 0 Å². The van der Waals surface area contributed by atoms with Crippen molar-refractivity contribution in [1.29, 1.82) is 0 Å². The van der Waals surface area contributed by atoms with Crippen LogP contribution in [-0.2, 0) is 6.54 Å². The van der Waals surface area contributed by atoms with Gasteiger partial charge in [0.1, 0.15) is 5.75 Å². The number of piperazine rings is 1. The highest BCUT2D eigenvalue weighted by molar-refractivity contribution is 6.31. The number of hydrogen-bond donors (Lipinski definition) is 1. The SMILES string of the molecule is COc1ccc(CN2CCNC(C)(C)C2)c(Cl)c1. The lowest BCUT2D eigenvalue weighted by Crippen LogP contribution is -2.56. The maximum Gasteiger partial charge on any atom is 0.120 e. The van der Waals surface area contributed by atoms with Crippen molar-refractivity contribution in [2.75, 3.05) is 26.7 Å².